The Morgan fingerprint density at radius 2 is 2.24 bits per heavy atom. The van der Waals surface area contributed by atoms with Gasteiger partial charge in [0.1, 0.15) is 5.54 Å². The third-order valence-corrected chi connectivity index (χ3v) is 4.89. The molecule has 0 bridgehead atoms. The molecule has 1 aromatic heterocycles. The summed E-state index contributed by atoms with van der Waals surface area (Å²) in [5.41, 5.74) is 1.77. The summed E-state index contributed by atoms with van der Waals surface area (Å²) in [6, 6.07) is 0.834. The molecular formula is C16H25N3O2. The summed E-state index contributed by atoms with van der Waals surface area (Å²) in [4.78, 5) is 16.9. The Balaban J connectivity index is 1.79. The van der Waals surface area contributed by atoms with Crippen LogP contribution in [-0.4, -0.2) is 33.7 Å². The standard InChI is InChI=1S/C16H25N3O2/c1-4-21-15(20)16(18-13-5-6-13)8-7-14(9-16)19-10-17-11(2)12(19)3/h10,13-14,18H,4-9H2,1-3H3. The van der Waals surface area contributed by atoms with E-state index >= 15 is 0 Å². The molecule has 2 fully saturated rings. The van der Waals surface area contributed by atoms with E-state index in [1.807, 2.05) is 20.2 Å². The maximum atomic E-state index is 12.5. The van der Waals surface area contributed by atoms with Crippen LogP contribution in [0.3, 0.4) is 0 Å². The molecule has 5 heteroatoms. The molecule has 2 unspecified atom stereocenters. The van der Waals surface area contributed by atoms with Crippen LogP contribution in [0.5, 0.6) is 0 Å². The minimum Gasteiger partial charge on any atom is -0.465 e. The molecule has 0 radical (unpaired) electrons. The molecule has 3 rings (SSSR count). The Labute approximate surface area is 126 Å². The van der Waals surface area contributed by atoms with E-state index in [-0.39, 0.29) is 5.97 Å². The molecular weight excluding hydrogens is 266 g/mol. The van der Waals surface area contributed by atoms with Crippen LogP contribution in [0, 0.1) is 13.8 Å². The van der Waals surface area contributed by atoms with Crippen LogP contribution in [0.15, 0.2) is 6.33 Å². The summed E-state index contributed by atoms with van der Waals surface area (Å²) in [5.74, 6) is -0.0751. The molecule has 0 saturated heterocycles. The van der Waals surface area contributed by atoms with Crippen molar-refractivity contribution >= 4 is 5.97 Å². The molecule has 5 nitrogen and oxygen atoms in total. The molecule has 0 aliphatic heterocycles. The fourth-order valence-corrected chi connectivity index (χ4v) is 3.40. The van der Waals surface area contributed by atoms with E-state index in [0.29, 0.717) is 18.7 Å². The van der Waals surface area contributed by atoms with E-state index in [2.05, 4.69) is 21.8 Å². The first-order chi connectivity index (χ1) is 10.1. The van der Waals surface area contributed by atoms with Crippen molar-refractivity contribution < 1.29 is 9.53 Å². The van der Waals surface area contributed by atoms with E-state index in [0.717, 1.165) is 25.0 Å². The van der Waals surface area contributed by atoms with Gasteiger partial charge in [-0.15, -0.1) is 0 Å². The van der Waals surface area contributed by atoms with Crippen molar-refractivity contribution in [3.05, 3.63) is 17.7 Å². The average Bonchev–Trinajstić information content (AvgIpc) is 3.07. The van der Waals surface area contributed by atoms with E-state index < -0.39 is 5.54 Å². The SMILES string of the molecule is CCOC(=O)C1(NC2CC2)CCC(n2cnc(C)c2C)C1. The number of carbonyl (C=O) groups is 1. The van der Waals surface area contributed by atoms with Crippen molar-refractivity contribution in [2.45, 2.75) is 70.5 Å². The number of imidazole rings is 1. The van der Waals surface area contributed by atoms with Gasteiger partial charge in [0.2, 0.25) is 0 Å². The molecule has 116 valence electrons. The number of nitrogens with zero attached hydrogens (tertiary/aromatic N) is 2. The molecule has 2 aliphatic rings. The largest absolute Gasteiger partial charge is 0.465 e. The summed E-state index contributed by atoms with van der Waals surface area (Å²) in [7, 11) is 0. The van der Waals surface area contributed by atoms with Crippen molar-refractivity contribution in [2.75, 3.05) is 6.61 Å². The number of aryl methyl sites for hydroxylation is 1. The lowest BCUT2D eigenvalue weighted by atomic mass is 9.97. The van der Waals surface area contributed by atoms with Crippen LogP contribution >= 0.6 is 0 Å². The van der Waals surface area contributed by atoms with Crippen molar-refractivity contribution in [1.29, 1.82) is 0 Å². The van der Waals surface area contributed by atoms with E-state index in [1.165, 1.54) is 18.5 Å². The van der Waals surface area contributed by atoms with Crippen LogP contribution in [0.25, 0.3) is 0 Å². The summed E-state index contributed by atoms with van der Waals surface area (Å²) in [6.45, 7) is 6.45. The second-order valence-electron chi connectivity index (χ2n) is 6.44. The molecule has 0 spiro atoms. The average molecular weight is 291 g/mol. The minimum atomic E-state index is -0.494. The monoisotopic (exact) mass is 291 g/mol. The smallest absolute Gasteiger partial charge is 0.326 e. The fourth-order valence-electron chi connectivity index (χ4n) is 3.40. The fraction of sp³-hybridized carbons (Fsp3) is 0.750. The first-order valence-corrected chi connectivity index (χ1v) is 8.00. The van der Waals surface area contributed by atoms with Crippen molar-refractivity contribution in [3.63, 3.8) is 0 Å². The zero-order valence-electron chi connectivity index (χ0n) is 13.2. The lowest BCUT2D eigenvalue weighted by Crippen LogP contribution is -2.52. The van der Waals surface area contributed by atoms with Crippen LogP contribution < -0.4 is 5.32 Å². The van der Waals surface area contributed by atoms with E-state index in [9.17, 15) is 4.79 Å². The number of hydrogen-bond donors (Lipinski definition) is 1. The highest BCUT2D eigenvalue weighted by atomic mass is 16.5. The summed E-state index contributed by atoms with van der Waals surface area (Å²) >= 11 is 0. The number of esters is 1. The van der Waals surface area contributed by atoms with Gasteiger partial charge in [-0.25, -0.2) is 4.98 Å². The Kier molecular flexibility index (Phi) is 3.78. The Morgan fingerprint density at radius 3 is 2.81 bits per heavy atom. The lowest BCUT2D eigenvalue weighted by Gasteiger charge is -2.28. The first kappa shape index (κ1) is 14.6. The lowest BCUT2D eigenvalue weighted by molar-refractivity contribution is -0.151. The maximum Gasteiger partial charge on any atom is 0.326 e. The quantitative estimate of drug-likeness (QED) is 0.846. The number of aromatic nitrogens is 2. The first-order valence-electron chi connectivity index (χ1n) is 8.00. The van der Waals surface area contributed by atoms with Crippen LogP contribution in [0.2, 0.25) is 0 Å². The zero-order chi connectivity index (χ0) is 15.0. The van der Waals surface area contributed by atoms with Gasteiger partial charge in [-0.1, -0.05) is 0 Å². The van der Waals surface area contributed by atoms with Gasteiger partial charge in [-0.2, -0.15) is 0 Å². The topological polar surface area (TPSA) is 56.1 Å². The summed E-state index contributed by atoms with van der Waals surface area (Å²) < 4.78 is 7.58. The highest BCUT2D eigenvalue weighted by Gasteiger charge is 2.49. The van der Waals surface area contributed by atoms with E-state index in [1.54, 1.807) is 0 Å². The molecule has 1 aromatic rings. The maximum absolute atomic E-state index is 12.5. The van der Waals surface area contributed by atoms with Crippen molar-refractivity contribution in [2.24, 2.45) is 0 Å². The van der Waals surface area contributed by atoms with Crippen molar-refractivity contribution in [1.82, 2.24) is 14.9 Å². The molecule has 2 saturated carbocycles. The number of ether oxygens (including phenoxy) is 1. The molecule has 0 amide bonds. The predicted molar refractivity (Wildman–Crippen MR) is 80.1 cm³/mol. The van der Waals surface area contributed by atoms with Gasteiger partial charge in [0.25, 0.3) is 0 Å². The Morgan fingerprint density at radius 1 is 1.48 bits per heavy atom. The Bertz CT molecular complexity index is 536. The van der Waals surface area contributed by atoms with Gasteiger partial charge in [-0.3, -0.25) is 10.1 Å². The number of hydrogen-bond acceptors (Lipinski definition) is 4. The van der Waals surface area contributed by atoms with Crippen LogP contribution in [0.1, 0.15) is 56.5 Å². The number of nitrogens with one attached hydrogen (secondary N) is 1. The highest BCUT2D eigenvalue weighted by molar-refractivity contribution is 5.81. The van der Waals surface area contributed by atoms with Gasteiger partial charge in [0, 0.05) is 17.8 Å². The molecule has 1 N–H and O–H groups in total. The van der Waals surface area contributed by atoms with Gasteiger partial charge >= 0.3 is 5.97 Å². The van der Waals surface area contributed by atoms with E-state index in [4.69, 9.17) is 4.74 Å². The second-order valence-corrected chi connectivity index (χ2v) is 6.44. The van der Waals surface area contributed by atoms with Gasteiger partial charge < -0.3 is 9.30 Å². The van der Waals surface area contributed by atoms with Crippen LogP contribution in [-0.2, 0) is 9.53 Å². The minimum absolute atomic E-state index is 0.0751. The number of carbonyl (C=O) groups excluding carboxylic acids is 1. The summed E-state index contributed by atoms with van der Waals surface area (Å²) in [5, 5.41) is 3.57. The van der Waals surface area contributed by atoms with Gasteiger partial charge in [0.05, 0.1) is 18.6 Å². The number of rotatable bonds is 5. The van der Waals surface area contributed by atoms with Gasteiger partial charge in [0.15, 0.2) is 0 Å². The second kappa shape index (κ2) is 5.44. The van der Waals surface area contributed by atoms with Crippen molar-refractivity contribution in [3.8, 4) is 0 Å². The summed E-state index contributed by atoms with van der Waals surface area (Å²) in [6.07, 6.45) is 6.91. The molecule has 2 atom stereocenters. The highest BCUT2D eigenvalue weighted by Crippen LogP contribution is 2.41. The molecule has 0 aromatic carbocycles. The normalized spacial score (nSPS) is 28.8. The predicted octanol–water partition coefficient (Wildman–Crippen LogP) is 2.28. The third kappa shape index (κ3) is 2.71. The van der Waals surface area contributed by atoms with Gasteiger partial charge in [-0.05, 0) is 52.9 Å². The zero-order valence-corrected chi connectivity index (χ0v) is 13.2. The molecule has 1 heterocycles. The molecule has 21 heavy (non-hydrogen) atoms. The molecule has 2 aliphatic carbocycles. The Hall–Kier alpha value is -1.36. The van der Waals surface area contributed by atoms with Crippen LogP contribution in [0.4, 0.5) is 0 Å². The third-order valence-electron chi connectivity index (χ3n) is 4.89.